The zero-order valence-electron chi connectivity index (χ0n) is 25.4. The Bertz CT molecular complexity index is 1620. The molecule has 0 saturated carbocycles. The van der Waals surface area contributed by atoms with Crippen molar-refractivity contribution in [2.45, 2.75) is 32.5 Å². The largest absolute Gasteiger partial charge is 0.416 e. The number of nitriles is 1. The number of likely N-dealkylation sites (N-methyl/N-ethyl adjacent to an activating group) is 1. The van der Waals surface area contributed by atoms with Crippen molar-refractivity contribution in [2.75, 3.05) is 47.3 Å². The second-order valence-electron chi connectivity index (χ2n) is 12.3. The van der Waals surface area contributed by atoms with Crippen molar-refractivity contribution in [3.05, 3.63) is 92.9 Å². The molecule has 11 heteroatoms. The molecule has 1 aromatic heterocycles. The lowest BCUT2D eigenvalue weighted by Crippen LogP contribution is -2.49. The molecule has 44 heavy (non-hydrogen) atoms. The van der Waals surface area contributed by atoms with Gasteiger partial charge in [0.25, 0.3) is 11.8 Å². The van der Waals surface area contributed by atoms with Crippen molar-refractivity contribution in [3.8, 4) is 17.2 Å². The first-order valence-electron chi connectivity index (χ1n) is 14.4. The number of nitrogens with zero attached hydrogens (tertiary/aromatic N) is 4. The number of nitrogens with one attached hydrogen (secondary N) is 1. The number of hydrogen-bond donors (Lipinski definition) is 1. The van der Waals surface area contributed by atoms with E-state index in [4.69, 9.17) is 5.26 Å². The molecule has 0 radical (unpaired) electrons. The van der Waals surface area contributed by atoms with Crippen LogP contribution in [-0.2, 0) is 17.5 Å². The Labute approximate surface area is 254 Å². The Morgan fingerprint density at radius 1 is 1.07 bits per heavy atom. The van der Waals surface area contributed by atoms with E-state index in [1.54, 1.807) is 35.8 Å². The number of carbonyl (C=O) groups is 2. The van der Waals surface area contributed by atoms with E-state index >= 15 is 0 Å². The van der Waals surface area contributed by atoms with E-state index in [9.17, 15) is 27.6 Å². The Kier molecular flexibility index (Phi) is 9.64. The fourth-order valence-electron chi connectivity index (χ4n) is 5.38. The van der Waals surface area contributed by atoms with E-state index in [2.05, 4.69) is 11.4 Å². The molecule has 2 heterocycles. The maximum atomic E-state index is 13.7. The predicted octanol–water partition coefficient (Wildman–Crippen LogP) is 4.44. The van der Waals surface area contributed by atoms with E-state index in [0.717, 1.165) is 17.7 Å². The lowest BCUT2D eigenvalue weighted by molar-refractivity contribution is -0.862. The van der Waals surface area contributed by atoms with Crippen LogP contribution in [0, 0.1) is 24.2 Å². The highest BCUT2D eigenvalue weighted by Crippen LogP contribution is 2.32. The molecule has 1 fully saturated rings. The minimum absolute atomic E-state index is 0.0152. The van der Waals surface area contributed by atoms with Gasteiger partial charge in [0.05, 0.1) is 38.3 Å². The molecule has 0 spiro atoms. The standard InChI is InChI=1S/C33H36F3N5O3/c1-22-30(26-6-5-7-27(16-26)33(34,35)36)31(43)28(20-40(22)19-25-10-8-23(17-37)9-11-25)32(44)38-18-24-12-14-39(15-13-24)29(42)21-41(2,3)4/h5-11,16,20,24H,12-15,18-19,21H2,1-4H3/p+1. The number of piperidine rings is 1. The number of likely N-dealkylation sites (tertiary alicyclic amines) is 1. The molecule has 1 N–H and O–H groups in total. The second kappa shape index (κ2) is 13.1. The molecule has 0 atom stereocenters. The highest BCUT2D eigenvalue weighted by Gasteiger charge is 2.31. The number of quaternary nitrogens is 1. The summed E-state index contributed by atoms with van der Waals surface area (Å²) in [4.78, 5) is 41.6. The van der Waals surface area contributed by atoms with Crippen molar-refractivity contribution < 1.29 is 27.2 Å². The number of hydrogen-bond acceptors (Lipinski definition) is 4. The molecule has 2 amide bonds. The number of pyridine rings is 1. The molecule has 0 aliphatic carbocycles. The van der Waals surface area contributed by atoms with E-state index in [1.807, 2.05) is 26.0 Å². The van der Waals surface area contributed by atoms with Crippen molar-refractivity contribution in [3.63, 3.8) is 0 Å². The monoisotopic (exact) mass is 608 g/mol. The maximum Gasteiger partial charge on any atom is 0.416 e. The zero-order valence-corrected chi connectivity index (χ0v) is 25.4. The Morgan fingerprint density at radius 3 is 2.32 bits per heavy atom. The topological polar surface area (TPSA) is 95.2 Å². The average Bonchev–Trinajstić information content (AvgIpc) is 2.97. The third-order valence-corrected chi connectivity index (χ3v) is 7.84. The van der Waals surface area contributed by atoms with Crippen LogP contribution in [0.1, 0.15) is 45.6 Å². The molecule has 3 aromatic rings. The van der Waals surface area contributed by atoms with Crippen molar-refractivity contribution >= 4 is 11.8 Å². The minimum atomic E-state index is -4.60. The summed E-state index contributed by atoms with van der Waals surface area (Å²) >= 11 is 0. The molecular formula is C33H37F3N5O3+. The summed E-state index contributed by atoms with van der Waals surface area (Å²) in [6.07, 6.45) is -1.76. The second-order valence-corrected chi connectivity index (χ2v) is 12.3. The van der Waals surface area contributed by atoms with Crippen LogP contribution in [0.2, 0.25) is 0 Å². The summed E-state index contributed by atoms with van der Waals surface area (Å²) in [6.45, 7) is 3.73. The molecule has 232 valence electrons. The molecule has 4 rings (SSSR count). The summed E-state index contributed by atoms with van der Waals surface area (Å²) in [5.74, 6) is -0.411. The van der Waals surface area contributed by atoms with E-state index in [0.29, 0.717) is 54.8 Å². The summed E-state index contributed by atoms with van der Waals surface area (Å²) in [5, 5.41) is 12.0. The third kappa shape index (κ3) is 7.94. The quantitative estimate of drug-likeness (QED) is 0.383. The molecular weight excluding hydrogens is 571 g/mol. The lowest BCUT2D eigenvalue weighted by atomic mass is 9.96. The highest BCUT2D eigenvalue weighted by molar-refractivity contribution is 5.95. The smallest absolute Gasteiger partial charge is 0.352 e. The first-order chi connectivity index (χ1) is 20.7. The number of rotatable bonds is 8. The number of carbonyl (C=O) groups excluding carboxylic acids is 2. The number of halogens is 3. The number of amides is 2. The van der Waals surface area contributed by atoms with Crippen LogP contribution >= 0.6 is 0 Å². The average molecular weight is 609 g/mol. The molecule has 1 aliphatic rings. The predicted molar refractivity (Wildman–Crippen MR) is 161 cm³/mol. The van der Waals surface area contributed by atoms with Gasteiger partial charge in [-0.3, -0.25) is 14.4 Å². The van der Waals surface area contributed by atoms with Crippen LogP contribution in [-0.4, -0.2) is 73.1 Å². The maximum absolute atomic E-state index is 13.7. The van der Waals surface area contributed by atoms with Gasteiger partial charge < -0.3 is 19.3 Å². The first kappa shape index (κ1) is 32.5. The molecule has 1 aliphatic heterocycles. The third-order valence-electron chi connectivity index (χ3n) is 7.84. The molecule has 0 unspecified atom stereocenters. The van der Waals surface area contributed by atoms with Crippen molar-refractivity contribution in [2.24, 2.45) is 5.92 Å². The van der Waals surface area contributed by atoms with Gasteiger partial charge in [0.2, 0.25) is 5.43 Å². The number of benzene rings is 2. The van der Waals surface area contributed by atoms with Crippen LogP contribution in [0.4, 0.5) is 13.2 Å². The fraction of sp³-hybridized carbons (Fsp3) is 0.394. The zero-order chi connectivity index (χ0) is 32.2. The Balaban J connectivity index is 1.60. The Hall–Kier alpha value is -4.43. The molecule has 1 saturated heterocycles. The minimum Gasteiger partial charge on any atom is -0.352 e. The van der Waals surface area contributed by atoms with Crippen LogP contribution < -0.4 is 10.7 Å². The first-order valence-corrected chi connectivity index (χ1v) is 14.4. The van der Waals surface area contributed by atoms with Crippen molar-refractivity contribution in [1.29, 1.82) is 5.26 Å². The van der Waals surface area contributed by atoms with E-state index in [1.165, 1.54) is 18.3 Å². The van der Waals surface area contributed by atoms with E-state index < -0.39 is 23.1 Å². The molecule has 8 nitrogen and oxygen atoms in total. The lowest BCUT2D eigenvalue weighted by Gasteiger charge is -2.34. The van der Waals surface area contributed by atoms with Gasteiger partial charge in [-0.2, -0.15) is 18.4 Å². The van der Waals surface area contributed by atoms with Crippen LogP contribution in [0.5, 0.6) is 0 Å². The van der Waals surface area contributed by atoms with Gasteiger partial charge in [-0.1, -0.05) is 24.3 Å². The molecule has 2 aromatic carbocycles. The van der Waals surface area contributed by atoms with Crippen LogP contribution in [0.3, 0.4) is 0 Å². The van der Waals surface area contributed by atoms with E-state index in [-0.39, 0.29) is 35.1 Å². The fourth-order valence-corrected chi connectivity index (χ4v) is 5.38. The molecule has 0 bridgehead atoms. The van der Waals surface area contributed by atoms with Crippen LogP contribution in [0.25, 0.3) is 11.1 Å². The SMILES string of the molecule is Cc1c(-c2cccc(C(F)(F)F)c2)c(=O)c(C(=O)NCC2CCN(C(=O)C[N+](C)(C)C)CC2)cn1Cc1ccc(C#N)cc1. The van der Waals surface area contributed by atoms with Gasteiger partial charge in [0, 0.05) is 43.6 Å². The highest BCUT2D eigenvalue weighted by atomic mass is 19.4. The van der Waals surface area contributed by atoms with Gasteiger partial charge in [0.1, 0.15) is 5.56 Å². The summed E-state index contributed by atoms with van der Waals surface area (Å²) < 4.78 is 42.8. The summed E-state index contributed by atoms with van der Waals surface area (Å²) in [5.41, 5.74) is 0.0123. The summed E-state index contributed by atoms with van der Waals surface area (Å²) in [7, 11) is 5.88. The Morgan fingerprint density at radius 2 is 1.73 bits per heavy atom. The number of alkyl halides is 3. The van der Waals surface area contributed by atoms with Gasteiger partial charge in [0.15, 0.2) is 6.54 Å². The van der Waals surface area contributed by atoms with Crippen molar-refractivity contribution in [1.82, 2.24) is 14.8 Å². The van der Waals surface area contributed by atoms with Gasteiger partial charge in [-0.25, -0.2) is 0 Å². The number of aromatic nitrogens is 1. The van der Waals surface area contributed by atoms with Gasteiger partial charge in [-0.05, 0) is 61.1 Å². The summed E-state index contributed by atoms with van der Waals surface area (Å²) in [6, 6.07) is 13.4. The normalized spacial score (nSPS) is 14.3. The van der Waals surface area contributed by atoms with Gasteiger partial charge in [-0.15, -0.1) is 0 Å². The van der Waals surface area contributed by atoms with Crippen LogP contribution in [0.15, 0.2) is 59.5 Å². The van der Waals surface area contributed by atoms with Gasteiger partial charge >= 0.3 is 6.18 Å².